The summed E-state index contributed by atoms with van der Waals surface area (Å²) in [4.78, 5) is 27.7. The highest BCUT2D eigenvalue weighted by atomic mass is 19.1. The molecule has 0 radical (unpaired) electrons. The fourth-order valence-corrected chi connectivity index (χ4v) is 3.05. The summed E-state index contributed by atoms with van der Waals surface area (Å²) >= 11 is 0. The molecule has 0 aliphatic carbocycles. The van der Waals surface area contributed by atoms with Gasteiger partial charge in [0.25, 0.3) is 0 Å². The number of hydrogen-bond donors (Lipinski definition) is 2. The van der Waals surface area contributed by atoms with E-state index < -0.39 is 0 Å². The lowest BCUT2D eigenvalue weighted by Gasteiger charge is -2.26. The molecule has 0 saturated carbocycles. The first-order valence-corrected chi connectivity index (χ1v) is 10.5. The molecular weight excluding hydrogens is 423 g/mol. The van der Waals surface area contributed by atoms with Crippen LogP contribution in [0.1, 0.15) is 10.4 Å². The van der Waals surface area contributed by atoms with Gasteiger partial charge in [0.2, 0.25) is 5.88 Å². The summed E-state index contributed by atoms with van der Waals surface area (Å²) < 4.78 is 17.8. The molecule has 9 heteroatoms. The molecule has 0 atom stereocenters. The molecule has 1 saturated heterocycles. The van der Waals surface area contributed by atoms with Crippen LogP contribution in [-0.2, 0) is 0 Å². The van der Waals surface area contributed by atoms with E-state index in [1.54, 1.807) is 18.6 Å². The summed E-state index contributed by atoms with van der Waals surface area (Å²) in [6, 6.07) is 11.2. The van der Waals surface area contributed by atoms with Gasteiger partial charge in [-0.25, -0.2) is 19.3 Å². The molecule has 3 aromatic heterocycles. The Kier molecular flexibility index (Phi) is 7.11. The predicted molar refractivity (Wildman–Crippen MR) is 124 cm³/mol. The van der Waals surface area contributed by atoms with Crippen LogP contribution < -0.4 is 15.4 Å². The van der Waals surface area contributed by atoms with Crippen LogP contribution in [0.5, 0.6) is 5.88 Å². The van der Waals surface area contributed by atoms with Gasteiger partial charge in [-0.1, -0.05) is 0 Å². The first-order chi connectivity index (χ1) is 16.1. The predicted octanol–water partition coefficient (Wildman–Crippen LogP) is 3.36. The third-order valence-corrected chi connectivity index (χ3v) is 5.04. The van der Waals surface area contributed by atoms with Gasteiger partial charge < -0.3 is 15.4 Å². The highest BCUT2D eigenvalue weighted by molar-refractivity contribution is 5.82. The van der Waals surface area contributed by atoms with E-state index in [4.69, 9.17) is 4.74 Å². The highest BCUT2D eigenvalue weighted by Crippen LogP contribution is 2.22. The van der Waals surface area contributed by atoms with Crippen LogP contribution in [0.25, 0.3) is 22.3 Å². The van der Waals surface area contributed by atoms with Crippen LogP contribution >= 0.6 is 0 Å². The average Bonchev–Trinajstić information content (AvgIpc) is 2.83. The van der Waals surface area contributed by atoms with E-state index >= 15 is 0 Å². The zero-order chi connectivity index (χ0) is 23.0. The summed E-state index contributed by atoms with van der Waals surface area (Å²) in [7, 11) is 1.84. The van der Waals surface area contributed by atoms with Crippen LogP contribution in [0.3, 0.4) is 0 Å². The van der Waals surface area contributed by atoms with E-state index in [1.807, 2.05) is 25.2 Å². The zero-order valence-corrected chi connectivity index (χ0v) is 18.0. The maximum atomic E-state index is 12.1. The summed E-state index contributed by atoms with van der Waals surface area (Å²) in [6.07, 6.45) is 5.82. The second kappa shape index (κ2) is 10.6. The van der Waals surface area contributed by atoms with Crippen molar-refractivity contribution in [1.82, 2.24) is 25.3 Å². The Labute approximate surface area is 190 Å². The number of benzene rings is 1. The summed E-state index contributed by atoms with van der Waals surface area (Å²) in [5.74, 6) is 1.55. The molecule has 168 valence electrons. The monoisotopic (exact) mass is 446 g/mol. The molecular formula is C24H23FN6O2. The topological polar surface area (TPSA) is 102 Å². The third-order valence-electron chi connectivity index (χ3n) is 5.04. The van der Waals surface area contributed by atoms with Gasteiger partial charge in [0.1, 0.15) is 23.6 Å². The van der Waals surface area contributed by atoms with E-state index in [9.17, 15) is 9.18 Å². The van der Waals surface area contributed by atoms with Crippen molar-refractivity contribution in [3.05, 3.63) is 72.4 Å². The summed E-state index contributed by atoms with van der Waals surface area (Å²) in [6.45, 7) is 2.66. The molecule has 5 rings (SSSR count). The van der Waals surface area contributed by atoms with Crippen LogP contribution in [0.4, 0.5) is 10.2 Å². The van der Waals surface area contributed by atoms with Crippen molar-refractivity contribution in [1.29, 1.82) is 0 Å². The Bertz CT molecular complexity index is 1230. The molecule has 2 N–H and O–H groups in total. The average molecular weight is 446 g/mol. The van der Waals surface area contributed by atoms with Crippen molar-refractivity contribution >= 4 is 23.0 Å². The van der Waals surface area contributed by atoms with E-state index in [-0.39, 0.29) is 5.82 Å². The molecule has 4 aromatic rings. The van der Waals surface area contributed by atoms with E-state index in [0.29, 0.717) is 35.9 Å². The SMILES string of the molecule is CNc1cc2nc(-c3cncc(OCC4CNC4)n3)ccc2cn1.O=Cc1ccc(F)cc1. The van der Waals surface area contributed by atoms with Crippen molar-refractivity contribution in [2.45, 2.75) is 0 Å². The number of halogens is 1. The van der Waals surface area contributed by atoms with Gasteiger partial charge in [-0.15, -0.1) is 0 Å². The molecule has 8 nitrogen and oxygen atoms in total. The minimum atomic E-state index is -0.319. The molecule has 0 amide bonds. The number of fused-ring (bicyclic) bond motifs is 1. The lowest BCUT2D eigenvalue weighted by atomic mass is 10.1. The summed E-state index contributed by atoms with van der Waals surface area (Å²) in [5.41, 5.74) is 2.82. The number of aldehydes is 1. The molecule has 0 unspecified atom stereocenters. The van der Waals surface area contributed by atoms with Gasteiger partial charge >= 0.3 is 0 Å². The second-order valence-electron chi connectivity index (χ2n) is 7.46. The van der Waals surface area contributed by atoms with E-state index in [0.717, 1.165) is 35.5 Å². The second-order valence-corrected chi connectivity index (χ2v) is 7.46. The van der Waals surface area contributed by atoms with Crippen molar-refractivity contribution < 1.29 is 13.9 Å². The van der Waals surface area contributed by atoms with Crippen LogP contribution in [0, 0.1) is 11.7 Å². The molecule has 1 aliphatic heterocycles. The Hall–Kier alpha value is -3.98. The summed E-state index contributed by atoms with van der Waals surface area (Å²) in [5, 5.41) is 7.23. The Morgan fingerprint density at radius 2 is 1.91 bits per heavy atom. The molecule has 0 bridgehead atoms. The van der Waals surface area contributed by atoms with Crippen molar-refractivity contribution in [2.75, 3.05) is 32.1 Å². The first-order valence-electron chi connectivity index (χ1n) is 10.5. The molecule has 33 heavy (non-hydrogen) atoms. The van der Waals surface area contributed by atoms with Gasteiger partial charge in [-0.05, 0) is 36.4 Å². The Morgan fingerprint density at radius 1 is 1.09 bits per heavy atom. The fraction of sp³-hybridized carbons (Fsp3) is 0.208. The molecule has 1 aliphatic rings. The maximum Gasteiger partial charge on any atom is 0.232 e. The lowest BCUT2D eigenvalue weighted by molar-refractivity contribution is 0.112. The van der Waals surface area contributed by atoms with Crippen LogP contribution in [-0.4, -0.2) is 53.0 Å². The molecule has 1 aromatic carbocycles. The van der Waals surface area contributed by atoms with Gasteiger partial charge in [0.05, 0.1) is 30.2 Å². The van der Waals surface area contributed by atoms with Crippen molar-refractivity contribution in [3.8, 4) is 17.3 Å². The number of nitrogens with one attached hydrogen (secondary N) is 2. The first kappa shape index (κ1) is 22.2. The zero-order valence-electron chi connectivity index (χ0n) is 18.0. The standard InChI is InChI=1S/C17H18N6O.C7H5FO/c1-18-16-4-14-12(7-21-16)2-3-13(22-14)15-8-20-9-17(23-15)24-10-11-5-19-6-11;8-7-3-1-6(5-9)2-4-7/h2-4,7-9,11,19H,5-6,10H2,1H3,(H,18,21);1-5H. The number of carbonyl (C=O) groups is 1. The molecule has 4 heterocycles. The highest BCUT2D eigenvalue weighted by Gasteiger charge is 2.17. The maximum absolute atomic E-state index is 12.1. The number of pyridine rings is 2. The van der Waals surface area contributed by atoms with Crippen LogP contribution in [0.15, 0.2) is 61.1 Å². The minimum Gasteiger partial charge on any atom is -0.476 e. The normalized spacial score (nSPS) is 12.9. The van der Waals surface area contributed by atoms with Gasteiger partial charge in [0, 0.05) is 49.3 Å². The fourth-order valence-electron chi connectivity index (χ4n) is 3.05. The number of ether oxygens (including phenoxy) is 1. The van der Waals surface area contributed by atoms with Crippen LogP contribution in [0.2, 0.25) is 0 Å². The largest absolute Gasteiger partial charge is 0.476 e. The number of hydrogen-bond acceptors (Lipinski definition) is 8. The van der Waals surface area contributed by atoms with Gasteiger partial charge in [-0.3, -0.25) is 9.78 Å². The minimum absolute atomic E-state index is 0.319. The number of anilines is 1. The van der Waals surface area contributed by atoms with Gasteiger partial charge in [0.15, 0.2) is 0 Å². The smallest absolute Gasteiger partial charge is 0.232 e. The van der Waals surface area contributed by atoms with E-state index in [1.165, 1.54) is 24.3 Å². The van der Waals surface area contributed by atoms with E-state index in [2.05, 4.69) is 30.6 Å². The number of rotatable bonds is 6. The molecule has 1 fully saturated rings. The van der Waals surface area contributed by atoms with Crippen molar-refractivity contribution in [2.24, 2.45) is 5.92 Å². The third kappa shape index (κ3) is 5.83. The Balaban J connectivity index is 0.000000243. The Morgan fingerprint density at radius 3 is 2.61 bits per heavy atom. The number of carbonyl (C=O) groups excluding carboxylic acids is 1. The number of aromatic nitrogens is 4. The van der Waals surface area contributed by atoms with Crippen molar-refractivity contribution in [3.63, 3.8) is 0 Å². The van der Waals surface area contributed by atoms with Gasteiger partial charge in [-0.2, -0.15) is 0 Å². The lowest BCUT2D eigenvalue weighted by Crippen LogP contribution is -2.45. The quantitative estimate of drug-likeness (QED) is 0.435. The number of nitrogens with zero attached hydrogens (tertiary/aromatic N) is 4. The molecule has 0 spiro atoms.